The van der Waals surface area contributed by atoms with Crippen molar-refractivity contribution in [3.8, 4) is 0 Å². The van der Waals surface area contributed by atoms with E-state index in [9.17, 15) is 12.8 Å². The number of ether oxygens (including phenoxy) is 1. The highest BCUT2D eigenvalue weighted by atomic mass is 32.2. The number of aromatic nitrogens is 2. The van der Waals surface area contributed by atoms with E-state index in [1.54, 1.807) is 25.3 Å². The second-order valence-corrected chi connectivity index (χ2v) is 10.8. The molecule has 0 bridgehead atoms. The average Bonchev–Trinajstić information content (AvgIpc) is 3.15. The van der Waals surface area contributed by atoms with Crippen molar-refractivity contribution in [2.24, 2.45) is 11.8 Å². The third-order valence-corrected chi connectivity index (χ3v) is 7.71. The topological polar surface area (TPSA) is 64.4 Å². The van der Waals surface area contributed by atoms with Crippen molar-refractivity contribution in [3.05, 3.63) is 54.0 Å². The van der Waals surface area contributed by atoms with Crippen LogP contribution in [0.1, 0.15) is 32.3 Å². The Hall–Kier alpha value is -2.45. The van der Waals surface area contributed by atoms with E-state index in [0.29, 0.717) is 23.7 Å². The number of hydrogen-bond donors (Lipinski definition) is 0. The van der Waals surface area contributed by atoms with Crippen molar-refractivity contribution >= 4 is 26.6 Å². The second-order valence-electron chi connectivity index (χ2n) is 8.96. The van der Waals surface area contributed by atoms with Gasteiger partial charge in [-0.3, -0.25) is 8.99 Å². The molecule has 172 valence electrons. The number of rotatable bonds is 7. The first-order chi connectivity index (χ1) is 15.3. The zero-order valence-corrected chi connectivity index (χ0v) is 19.6. The van der Waals surface area contributed by atoms with E-state index in [1.165, 1.54) is 22.5 Å². The molecule has 1 aliphatic rings. The second kappa shape index (κ2) is 9.19. The molecule has 0 saturated carbocycles. The van der Waals surface area contributed by atoms with Gasteiger partial charge in [0.1, 0.15) is 5.82 Å². The number of anilines is 1. The number of aryl methyl sites for hydroxylation is 1. The Balaban J connectivity index is 1.68. The largest absolute Gasteiger partial charge is 0.381 e. The van der Waals surface area contributed by atoms with Crippen LogP contribution < -0.4 is 4.31 Å². The van der Waals surface area contributed by atoms with Crippen LogP contribution in [-0.2, 0) is 21.3 Å². The van der Waals surface area contributed by atoms with Gasteiger partial charge in [0.15, 0.2) is 0 Å². The zero-order chi connectivity index (χ0) is 22.9. The molecule has 0 N–H and O–H groups in total. The minimum Gasteiger partial charge on any atom is -0.381 e. The number of benzene rings is 2. The van der Waals surface area contributed by atoms with E-state index < -0.39 is 10.0 Å². The Labute approximate surface area is 189 Å². The summed E-state index contributed by atoms with van der Waals surface area (Å²) in [4.78, 5) is 0.208. The summed E-state index contributed by atoms with van der Waals surface area (Å²) < 4.78 is 49.8. The van der Waals surface area contributed by atoms with Crippen LogP contribution in [0.5, 0.6) is 0 Å². The average molecular weight is 460 g/mol. The minimum atomic E-state index is -3.84. The summed E-state index contributed by atoms with van der Waals surface area (Å²) in [5.41, 5.74) is 2.00. The van der Waals surface area contributed by atoms with Gasteiger partial charge in [-0.2, -0.15) is 5.10 Å². The van der Waals surface area contributed by atoms with Crippen LogP contribution in [-0.4, -0.2) is 38.0 Å². The van der Waals surface area contributed by atoms with E-state index in [-0.39, 0.29) is 16.6 Å². The Kier molecular flexibility index (Phi) is 6.53. The predicted octanol–water partition coefficient (Wildman–Crippen LogP) is 4.76. The Morgan fingerprint density at radius 1 is 1.19 bits per heavy atom. The molecule has 6 nitrogen and oxygen atoms in total. The SMILES string of the molecule is Cc1cc(F)ccc1N(CC(C)C)S(=O)(=O)c1ccc2c(cnn2CC2CCOCC2)c1. The third-order valence-electron chi connectivity index (χ3n) is 5.93. The summed E-state index contributed by atoms with van der Waals surface area (Å²) in [5.74, 6) is 0.227. The van der Waals surface area contributed by atoms with Gasteiger partial charge >= 0.3 is 0 Å². The van der Waals surface area contributed by atoms with Crippen LogP contribution in [0.15, 0.2) is 47.5 Å². The van der Waals surface area contributed by atoms with Crippen LogP contribution >= 0.6 is 0 Å². The molecule has 2 aromatic carbocycles. The van der Waals surface area contributed by atoms with Crippen molar-refractivity contribution in [2.45, 2.75) is 45.1 Å². The van der Waals surface area contributed by atoms with Crippen LogP contribution in [0.3, 0.4) is 0 Å². The smallest absolute Gasteiger partial charge is 0.264 e. The van der Waals surface area contributed by atoms with Crippen molar-refractivity contribution in [3.63, 3.8) is 0 Å². The van der Waals surface area contributed by atoms with Gasteiger partial charge in [0, 0.05) is 31.7 Å². The van der Waals surface area contributed by atoms with Gasteiger partial charge < -0.3 is 4.74 Å². The molecule has 4 rings (SSSR count). The molecule has 0 spiro atoms. The van der Waals surface area contributed by atoms with Crippen LogP contribution in [0.2, 0.25) is 0 Å². The molecule has 2 heterocycles. The van der Waals surface area contributed by atoms with Crippen molar-refractivity contribution in [2.75, 3.05) is 24.1 Å². The number of nitrogens with zero attached hydrogens (tertiary/aromatic N) is 3. The van der Waals surface area contributed by atoms with Gasteiger partial charge in [-0.15, -0.1) is 0 Å². The van der Waals surface area contributed by atoms with Crippen LogP contribution in [0, 0.1) is 24.6 Å². The van der Waals surface area contributed by atoms with Gasteiger partial charge in [-0.1, -0.05) is 13.8 Å². The zero-order valence-electron chi connectivity index (χ0n) is 18.8. The van der Waals surface area contributed by atoms with E-state index in [2.05, 4.69) is 5.10 Å². The molecule has 0 aliphatic carbocycles. The van der Waals surface area contributed by atoms with Crippen molar-refractivity contribution in [1.29, 1.82) is 0 Å². The highest BCUT2D eigenvalue weighted by Gasteiger charge is 2.28. The maximum Gasteiger partial charge on any atom is 0.264 e. The van der Waals surface area contributed by atoms with E-state index in [0.717, 1.165) is 43.5 Å². The fraction of sp³-hybridized carbons (Fsp3) is 0.458. The number of sulfonamides is 1. The molecule has 1 saturated heterocycles. The molecule has 0 atom stereocenters. The van der Waals surface area contributed by atoms with Gasteiger partial charge in [-0.05, 0) is 73.6 Å². The lowest BCUT2D eigenvalue weighted by Gasteiger charge is -2.27. The normalized spacial score (nSPS) is 15.5. The summed E-state index contributed by atoms with van der Waals surface area (Å²) in [7, 11) is -3.84. The third kappa shape index (κ3) is 4.66. The lowest BCUT2D eigenvalue weighted by Crippen LogP contribution is -2.34. The molecule has 1 aromatic heterocycles. The molecular weight excluding hydrogens is 429 g/mol. The standard InChI is InChI=1S/C24H30FN3O3S/c1-17(2)15-28(23-6-4-21(25)12-18(23)3)32(29,30)22-5-7-24-20(13-22)14-26-27(24)16-19-8-10-31-11-9-19/h4-7,12-14,17,19H,8-11,15-16H2,1-3H3. The summed E-state index contributed by atoms with van der Waals surface area (Å²) in [6.07, 6.45) is 3.74. The van der Waals surface area contributed by atoms with Crippen LogP contribution in [0.25, 0.3) is 10.9 Å². The highest BCUT2D eigenvalue weighted by Crippen LogP contribution is 2.30. The summed E-state index contributed by atoms with van der Waals surface area (Å²) >= 11 is 0. The highest BCUT2D eigenvalue weighted by molar-refractivity contribution is 7.92. The Bertz CT molecular complexity index is 1200. The quantitative estimate of drug-likeness (QED) is 0.511. The van der Waals surface area contributed by atoms with E-state index >= 15 is 0 Å². The Morgan fingerprint density at radius 3 is 2.62 bits per heavy atom. The van der Waals surface area contributed by atoms with Gasteiger partial charge in [0.2, 0.25) is 0 Å². The van der Waals surface area contributed by atoms with Crippen molar-refractivity contribution in [1.82, 2.24) is 9.78 Å². The van der Waals surface area contributed by atoms with Crippen LogP contribution in [0.4, 0.5) is 10.1 Å². The maximum atomic E-state index is 13.7. The molecule has 3 aromatic rings. The maximum absolute atomic E-state index is 13.7. The molecule has 8 heteroatoms. The summed E-state index contributed by atoms with van der Waals surface area (Å²) in [5, 5.41) is 5.30. The Morgan fingerprint density at radius 2 is 1.94 bits per heavy atom. The van der Waals surface area contributed by atoms with Gasteiger partial charge in [-0.25, -0.2) is 12.8 Å². The molecule has 32 heavy (non-hydrogen) atoms. The molecular formula is C24H30FN3O3S. The lowest BCUT2D eigenvalue weighted by atomic mass is 10.0. The molecule has 0 amide bonds. The first-order valence-electron chi connectivity index (χ1n) is 11.1. The van der Waals surface area contributed by atoms with E-state index in [1.807, 2.05) is 24.6 Å². The molecule has 1 fully saturated rings. The summed E-state index contributed by atoms with van der Waals surface area (Å²) in [6, 6.07) is 9.36. The first kappa shape index (κ1) is 22.7. The van der Waals surface area contributed by atoms with E-state index in [4.69, 9.17) is 4.74 Å². The molecule has 1 aliphatic heterocycles. The van der Waals surface area contributed by atoms with Crippen molar-refractivity contribution < 1.29 is 17.5 Å². The number of halogens is 1. The van der Waals surface area contributed by atoms with Gasteiger partial charge in [0.05, 0.1) is 22.3 Å². The fourth-order valence-corrected chi connectivity index (χ4v) is 5.96. The molecule has 0 radical (unpaired) electrons. The predicted molar refractivity (Wildman–Crippen MR) is 124 cm³/mol. The fourth-order valence-electron chi connectivity index (χ4n) is 4.23. The molecule has 0 unspecified atom stereocenters. The summed E-state index contributed by atoms with van der Waals surface area (Å²) in [6.45, 7) is 8.31. The lowest BCUT2D eigenvalue weighted by molar-refractivity contribution is 0.0605. The number of hydrogen-bond acceptors (Lipinski definition) is 4. The monoisotopic (exact) mass is 459 g/mol. The minimum absolute atomic E-state index is 0.0974. The number of fused-ring (bicyclic) bond motifs is 1. The first-order valence-corrected chi connectivity index (χ1v) is 12.5. The van der Waals surface area contributed by atoms with Gasteiger partial charge in [0.25, 0.3) is 10.0 Å².